The number of aliphatic hydroxyl groups is 3. The number of unbranched alkanes of at least 4 members (excludes halogenated alkanes) is 37. The lowest BCUT2D eigenvalue weighted by atomic mass is 9.99. The van der Waals surface area contributed by atoms with Crippen molar-refractivity contribution < 1.29 is 56.2 Å². The van der Waals surface area contributed by atoms with E-state index in [9.17, 15) is 33.1 Å². The van der Waals surface area contributed by atoms with Gasteiger partial charge in [0.25, 0.3) is 0 Å². The van der Waals surface area contributed by atoms with Gasteiger partial charge in [-0.05, 0) is 12.8 Å². The third-order valence-corrected chi connectivity index (χ3v) is 13.7. The lowest BCUT2D eigenvalue weighted by molar-refractivity contribution is -0.301. The highest BCUT2D eigenvalue weighted by atomic mass is 32.3. The van der Waals surface area contributed by atoms with Crippen LogP contribution in [0.15, 0.2) is 0 Å². The Morgan fingerprint density at radius 3 is 1.21 bits per heavy atom. The molecule has 0 amide bonds. The molecule has 0 bridgehead atoms. The van der Waals surface area contributed by atoms with Crippen molar-refractivity contribution in [2.45, 2.75) is 307 Å². The minimum atomic E-state index is -5.06. The second-order valence-corrected chi connectivity index (χ2v) is 20.6. The first-order valence-corrected chi connectivity index (χ1v) is 29.2. The van der Waals surface area contributed by atoms with Gasteiger partial charge >= 0.3 is 16.4 Å². The predicted molar refractivity (Wildman–Crippen MR) is 267 cm³/mol. The number of hydrogen-bond acceptors (Lipinski definition) is 11. The minimum absolute atomic E-state index is 0.0454. The van der Waals surface area contributed by atoms with Crippen LogP contribution in [0.4, 0.5) is 0 Å². The van der Waals surface area contributed by atoms with E-state index in [1.165, 1.54) is 205 Å². The molecule has 13 heteroatoms. The lowest BCUT2D eigenvalue weighted by Crippen LogP contribution is -2.60. The number of hydrogen-bond donors (Lipinski definition) is 4. The quantitative estimate of drug-likeness (QED) is 0.0258. The maximum absolute atomic E-state index is 12.9. The van der Waals surface area contributed by atoms with Crippen LogP contribution in [-0.4, -0.2) is 97.5 Å². The van der Waals surface area contributed by atoms with Crippen molar-refractivity contribution in [3.05, 3.63) is 0 Å². The van der Waals surface area contributed by atoms with Crippen LogP contribution in [-0.2, 0) is 38.3 Å². The van der Waals surface area contributed by atoms with Gasteiger partial charge in [0, 0.05) is 13.0 Å². The largest absolute Gasteiger partial charge is 0.457 e. The first-order chi connectivity index (χ1) is 32.1. The molecule has 0 aliphatic carbocycles. The van der Waals surface area contributed by atoms with E-state index in [0.29, 0.717) is 13.0 Å². The summed E-state index contributed by atoms with van der Waals surface area (Å²) in [6.45, 7) is 4.06. The highest BCUT2D eigenvalue weighted by Crippen LogP contribution is 2.26. The number of rotatable bonds is 50. The van der Waals surface area contributed by atoms with E-state index >= 15 is 0 Å². The van der Waals surface area contributed by atoms with Crippen LogP contribution in [0, 0.1) is 0 Å². The molecule has 4 N–H and O–H groups in total. The summed E-state index contributed by atoms with van der Waals surface area (Å²) in [6.07, 6.45) is 41.5. The molecule has 1 rings (SSSR count). The number of carbonyl (C=O) groups is 1. The molecule has 0 aromatic carbocycles. The summed E-state index contributed by atoms with van der Waals surface area (Å²) < 4.78 is 59.3. The summed E-state index contributed by atoms with van der Waals surface area (Å²) in [4.78, 5) is 12.9. The van der Waals surface area contributed by atoms with Gasteiger partial charge in [0.05, 0.1) is 19.8 Å². The van der Waals surface area contributed by atoms with Gasteiger partial charge in [-0.2, -0.15) is 8.42 Å². The third-order valence-electron chi connectivity index (χ3n) is 13.2. The molecule has 1 aliphatic rings. The van der Waals surface area contributed by atoms with Crippen molar-refractivity contribution in [1.82, 2.24) is 0 Å². The maximum atomic E-state index is 12.9. The van der Waals surface area contributed by atoms with Gasteiger partial charge in [-0.15, -0.1) is 0 Å². The van der Waals surface area contributed by atoms with Crippen molar-refractivity contribution >= 4 is 16.4 Å². The Morgan fingerprint density at radius 1 is 0.515 bits per heavy atom. The molecule has 1 heterocycles. The van der Waals surface area contributed by atoms with E-state index in [-0.39, 0.29) is 19.6 Å². The van der Waals surface area contributed by atoms with Crippen LogP contribution in [0.2, 0.25) is 0 Å². The zero-order valence-corrected chi connectivity index (χ0v) is 43.4. The molecular weight excluding hydrogens is 861 g/mol. The smallest absolute Gasteiger partial charge is 0.397 e. The monoisotopic (exact) mass is 965 g/mol. The molecule has 6 atom stereocenters. The summed E-state index contributed by atoms with van der Waals surface area (Å²) in [5.41, 5.74) is 0. The van der Waals surface area contributed by atoms with Crippen molar-refractivity contribution in [3.63, 3.8) is 0 Å². The fraction of sp³-hybridized carbons (Fsp3) is 0.981. The van der Waals surface area contributed by atoms with Gasteiger partial charge in [-0.1, -0.05) is 251 Å². The molecule has 0 aromatic rings. The predicted octanol–water partition coefficient (Wildman–Crippen LogP) is 13.2. The topological polar surface area (TPSA) is 178 Å². The van der Waals surface area contributed by atoms with Crippen LogP contribution in [0.3, 0.4) is 0 Å². The van der Waals surface area contributed by atoms with Crippen LogP contribution < -0.4 is 0 Å². The highest BCUT2D eigenvalue weighted by Gasteiger charge is 2.48. The molecule has 66 heavy (non-hydrogen) atoms. The third kappa shape index (κ3) is 37.9. The Bertz CT molecular complexity index is 1160. The van der Waals surface area contributed by atoms with E-state index in [2.05, 4.69) is 18.0 Å². The fourth-order valence-electron chi connectivity index (χ4n) is 9.03. The molecule has 12 nitrogen and oxygen atoms in total. The maximum Gasteiger partial charge on any atom is 0.397 e. The van der Waals surface area contributed by atoms with E-state index in [0.717, 1.165) is 38.5 Å². The molecular formula is C53H104O12S. The molecule has 394 valence electrons. The lowest BCUT2D eigenvalue weighted by Gasteiger charge is -2.41. The first-order valence-electron chi connectivity index (χ1n) is 27.8. The summed E-state index contributed by atoms with van der Waals surface area (Å²) >= 11 is 0. The van der Waals surface area contributed by atoms with Crippen LogP contribution in [0.25, 0.3) is 0 Å². The highest BCUT2D eigenvalue weighted by molar-refractivity contribution is 7.80. The van der Waals surface area contributed by atoms with Gasteiger partial charge < -0.3 is 34.3 Å². The molecule has 1 aliphatic heterocycles. The Hall–Kier alpha value is -0.900. The molecule has 6 unspecified atom stereocenters. The van der Waals surface area contributed by atoms with E-state index in [1.54, 1.807) is 0 Å². The second kappa shape index (κ2) is 45.3. The molecule has 0 spiro atoms. The number of esters is 1. The Labute approximate surface area is 405 Å². The second-order valence-electron chi connectivity index (χ2n) is 19.5. The van der Waals surface area contributed by atoms with Crippen LogP contribution >= 0.6 is 0 Å². The first kappa shape index (κ1) is 63.1. The van der Waals surface area contributed by atoms with Crippen molar-refractivity contribution in [1.29, 1.82) is 0 Å². The SMILES string of the molecule is CCCCCCCCCCCCCCCCCCCCCCCCCCOCC(COC1OC(CO)C(O)C(OS(=O)(=O)O)C1O)OC(=O)CCCCCCCCCCCCCCCCC. The van der Waals surface area contributed by atoms with E-state index in [4.69, 9.17) is 18.9 Å². The van der Waals surface area contributed by atoms with Gasteiger partial charge in [0.15, 0.2) is 6.29 Å². The van der Waals surface area contributed by atoms with E-state index < -0.39 is 59.8 Å². The minimum Gasteiger partial charge on any atom is -0.457 e. The van der Waals surface area contributed by atoms with Crippen molar-refractivity contribution in [3.8, 4) is 0 Å². The summed E-state index contributed by atoms with van der Waals surface area (Å²) in [5, 5.41) is 30.8. The Balaban J connectivity index is 2.27. The molecule has 0 saturated carbocycles. The standard InChI is InChI=1S/C53H104O12S/c1-3-5-7-9-11-13-15-17-19-20-21-22-23-24-25-26-27-29-31-33-35-37-39-41-43-61-45-47(46-62-53-51(57)52(65-66(58,59)60)50(56)48(44-54)64-53)63-49(55)42-40-38-36-34-32-30-28-18-16-14-12-10-8-6-4-2/h47-48,50-54,56-57H,3-46H2,1-2H3,(H,58,59,60). The average Bonchev–Trinajstić information content (AvgIpc) is 3.29. The van der Waals surface area contributed by atoms with Gasteiger partial charge in [0.1, 0.15) is 30.5 Å². The molecule has 1 fully saturated rings. The Kier molecular flexibility index (Phi) is 43.3. The average molecular weight is 965 g/mol. The van der Waals surface area contributed by atoms with Crippen molar-refractivity contribution in [2.24, 2.45) is 0 Å². The molecule has 0 aromatic heterocycles. The van der Waals surface area contributed by atoms with Gasteiger partial charge in [-0.3, -0.25) is 9.35 Å². The normalized spacial score (nSPS) is 19.4. The number of aliphatic hydroxyl groups excluding tert-OH is 3. The molecule has 0 radical (unpaired) electrons. The van der Waals surface area contributed by atoms with Gasteiger partial charge in [-0.25, -0.2) is 4.18 Å². The summed E-state index contributed by atoms with van der Waals surface area (Å²) in [5.74, 6) is -0.391. The number of carbonyl (C=O) groups excluding carboxylic acids is 1. The van der Waals surface area contributed by atoms with Crippen LogP contribution in [0.5, 0.6) is 0 Å². The van der Waals surface area contributed by atoms with Crippen molar-refractivity contribution in [2.75, 3.05) is 26.4 Å². The van der Waals surface area contributed by atoms with Crippen LogP contribution in [0.1, 0.15) is 271 Å². The van der Waals surface area contributed by atoms with Gasteiger partial charge in [0.2, 0.25) is 0 Å². The fourth-order valence-corrected chi connectivity index (χ4v) is 9.54. The number of ether oxygens (including phenoxy) is 4. The summed E-state index contributed by atoms with van der Waals surface area (Å²) in [6, 6.07) is 0. The molecule has 1 saturated heterocycles. The Morgan fingerprint density at radius 2 is 0.864 bits per heavy atom. The van der Waals surface area contributed by atoms with E-state index in [1.807, 2.05) is 0 Å². The zero-order chi connectivity index (χ0) is 48.2. The summed E-state index contributed by atoms with van der Waals surface area (Å²) in [7, 11) is -5.06. The zero-order valence-electron chi connectivity index (χ0n) is 42.5.